The molecule has 22 heavy (non-hydrogen) atoms. The number of hydrogen-bond acceptors (Lipinski definition) is 3. The molecule has 0 saturated heterocycles. The molecule has 0 aliphatic rings. The molecule has 0 saturated carbocycles. The second kappa shape index (κ2) is 7.01. The summed E-state index contributed by atoms with van der Waals surface area (Å²) in [6.45, 7) is 0.784. The standard InChI is InChI=1S/C17H16F2N2O/c1-21(10-13-4-6-17(22-2)16(19)8-13)11-14-7-12(9-20)3-5-15(14)18/h3-8H,10-11H2,1-2H3. The average molecular weight is 302 g/mol. The maximum absolute atomic E-state index is 13.8. The lowest BCUT2D eigenvalue weighted by Gasteiger charge is -2.17. The Balaban J connectivity index is 2.08. The van der Waals surface area contributed by atoms with Gasteiger partial charge < -0.3 is 4.74 Å². The quantitative estimate of drug-likeness (QED) is 0.848. The largest absolute Gasteiger partial charge is 0.494 e. The van der Waals surface area contributed by atoms with Crippen LogP contribution in [0.25, 0.3) is 0 Å². The molecule has 0 amide bonds. The summed E-state index contributed by atoms with van der Waals surface area (Å²) >= 11 is 0. The Labute approximate surface area is 128 Å². The van der Waals surface area contributed by atoms with Crippen molar-refractivity contribution in [3.8, 4) is 11.8 Å². The van der Waals surface area contributed by atoms with Crippen molar-refractivity contribution >= 4 is 0 Å². The van der Waals surface area contributed by atoms with Gasteiger partial charge >= 0.3 is 0 Å². The summed E-state index contributed by atoms with van der Waals surface area (Å²) in [5.74, 6) is -0.586. The molecule has 0 fully saturated rings. The minimum Gasteiger partial charge on any atom is -0.494 e. The van der Waals surface area contributed by atoms with Gasteiger partial charge in [0, 0.05) is 18.7 Å². The summed E-state index contributed by atoms with van der Waals surface area (Å²) in [6, 6.07) is 11.0. The van der Waals surface area contributed by atoms with Crippen LogP contribution in [0, 0.1) is 23.0 Å². The first-order chi connectivity index (χ1) is 10.5. The SMILES string of the molecule is COc1ccc(CN(C)Cc2cc(C#N)ccc2F)cc1F. The van der Waals surface area contributed by atoms with Crippen LogP contribution in [-0.2, 0) is 13.1 Å². The van der Waals surface area contributed by atoms with Gasteiger partial charge in [-0.2, -0.15) is 5.26 Å². The van der Waals surface area contributed by atoms with E-state index in [-0.39, 0.29) is 11.6 Å². The summed E-state index contributed by atoms with van der Waals surface area (Å²) < 4.78 is 32.3. The molecule has 2 aromatic rings. The van der Waals surface area contributed by atoms with Crippen molar-refractivity contribution in [2.45, 2.75) is 13.1 Å². The van der Waals surface area contributed by atoms with Crippen molar-refractivity contribution in [3.05, 3.63) is 64.7 Å². The molecule has 0 N–H and O–H groups in total. The van der Waals surface area contributed by atoms with Gasteiger partial charge in [-0.3, -0.25) is 4.90 Å². The fourth-order valence-electron chi connectivity index (χ4n) is 2.23. The summed E-state index contributed by atoms with van der Waals surface area (Å²) in [4.78, 5) is 1.85. The first-order valence-corrected chi connectivity index (χ1v) is 6.73. The predicted molar refractivity (Wildman–Crippen MR) is 79.2 cm³/mol. The molecule has 114 valence electrons. The molecular formula is C17H16F2N2O. The molecule has 0 aliphatic carbocycles. The van der Waals surface area contributed by atoms with Gasteiger partial charge in [0.05, 0.1) is 18.7 Å². The Morgan fingerprint density at radius 3 is 2.50 bits per heavy atom. The molecule has 0 aliphatic heterocycles. The maximum atomic E-state index is 13.8. The molecule has 0 spiro atoms. The monoisotopic (exact) mass is 302 g/mol. The van der Waals surface area contributed by atoms with E-state index in [0.29, 0.717) is 24.2 Å². The molecule has 2 rings (SSSR count). The van der Waals surface area contributed by atoms with Gasteiger partial charge in [-0.15, -0.1) is 0 Å². The van der Waals surface area contributed by atoms with Crippen molar-refractivity contribution < 1.29 is 13.5 Å². The van der Waals surface area contributed by atoms with Crippen molar-refractivity contribution in [1.82, 2.24) is 4.90 Å². The fourth-order valence-corrected chi connectivity index (χ4v) is 2.23. The van der Waals surface area contributed by atoms with Gasteiger partial charge in [-0.1, -0.05) is 6.07 Å². The highest BCUT2D eigenvalue weighted by Crippen LogP contribution is 2.19. The molecule has 2 aromatic carbocycles. The molecule has 0 aromatic heterocycles. The minimum absolute atomic E-state index is 0.194. The minimum atomic E-state index is -0.425. The predicted octanol–water partition coefficient (Wildman–Crippen LogP) is 3.48. The molecule has 0 bridgehead atoms. The first kappa shape index (κ1) is 15.9. The zero-order valence-corrected chi connectivity index (χ0v) is 12.4. The first-order valence-electron chi connectivity index (χ1n) is 6.73. The highest BCUT2D eigenvalue weighted by atomic mass is 19.1. The van der Waals surface area contributed by atoms with Gasteiger partial charge in [-0.25, -0.2) is 8.78 Å². The number of benzene rings is 2. The van der Waals surface area contributed by atoms with E-state index in [1.54, 1.807) is 19.2 Å². The van der Waals surface area contributed by atoms with Crippen LogP contribution in [0.2, 0.25) is 0 Å². The maximum Gasteiger partial charge on any atom is 0.165 e. The Morgan fingerprint density at radius 1 is 1.09 bits per heavy atom. The van der Waals surface area contributed by atoms with Crippen LogP contribution in [0.15, 0.2) is 36.4 Å². The average Bonchev–Trinajstić information content (AvgIpc) is 2.49. The van der Waals surface area contributed by atoms with E-state index in [1.165, 1.54) is 31.4 Å². The zero-order valence-electron chi connectivity index (χ0n) is 12.4. The highest BCUT2D eigenvalue weighted by molar-refractivity contribution is 5.34. The zero-order chi connectivity index (χ0) is 16.1. The van der Waals surface area contributed by atoms with Crippen LogP contribution in [-0.4, -0.2) is 19.1 Å². The van der Waals surface area contributed by atoms with Crippen LogP contribution in [0.3, 0.4) is 0 Å². The number of hydrogen-bond donors (Lipinski definition) is 0. The third-order valence-corrected chi connectivity index (χ3v) is 3.28. The van der Waals surface area contributed by atoms with E-state index in [9.17, 15) is 8.78 Å². The lowest BCUT2D eigenvalue weighted by atomic mass is 10.1. The van der Waals surface area contributed by atoms with Gasteiger partial charge in [0.15, 0.2) is 11.6 Å². The topological polar surface area (TPSA) is 36.3 Å². The van der Waals surface area contributed by atoms with Crippen LogP contribution >= 0.6 is 0 Å². The van der Waals surface area contributed by atoms with Crippen LogP contribution in [0.5, 0.6) is 5.75 Å². The molecule has 0 atom stereocenters. The van der Waals surface area contributed by atoms with Crippen molar-refractivity contribution in [2.24, 2.45) is 0 Å². The molecule has 0 unspecified atom stereocenters. The van der Waals surface area contributed by atoms with Gasteiger partial charge in [0.2, 0.25) is 0 Å². The van der Waals surface area contributed by atoms with E-state index in [4.69, 9.17) is 10.00 Å². The number of halogens is 2. The lowest BCUT2D eigenvalue weighted by Crippen LogP contribution is -2.18. The smallest absolute Gasteiger partial charge is 0.165 e. The van der Waals surface area contributed by atoms with Gasteiger partial charge in [0.1, 0.15) is 5.82 Å². The molecule has 0 radical (unpaired) electrons. The highest BCUT2D eigenvalue weighted by Gasteiger charge is 2.09. The van der Waals surface area contributed by atoms with Crippen LogP contribution < -0.4 is 4.74 Å². The summed E-state index contributed by atoms with van der Waals surface area (Å²) in [5.41, 5.74) is 1.62. The number of rotatable bonds is 5. The van der Waals surface area contributed by atoms with Crippen molar-refractivity contribution in [1.29, 1.82) is 5.26 Å². The summed E-state index contributed by atoms with van der Waals surface area (Å²) in [5, 5.41) is 8.86. The summed E-state index contributed by atoms with van der Waals surface area (Å²) in [7, 11) is 3.22. The Morgan fingerprint density at radius 2 is 1.86 bits per heavy atom. The number of nitrogens with zero attached hydrogens (tertiary/aromatic N) is 2. The number of methoxy groups -OCH3 is 1. The van der Waals surface area contributed by atoms with Gasteiger partial charge in [-0.05, 0) is 42.9 Å². The third kappa shape index (κ3) is 3.80. The molecule has 5 heteroatoms. The van der Waals surface area contributed by atoms with Crippen LogP contribution in [0.1, 0.15) is 16.7 Å². The Hall–Kier alpha value is -2.45. The van der Waals surface area contributed by atoms with E-state index < -0.39 is 5.82 Å². The van der Waals surface area contributed by atoms with E-state index in [2.05, 4.69) is 0 Å². The van der Waals surface area contributed by atoms with E-state index >= 15 is 0 Å². The van der Waals surface area contributed by atoms with Crippen molar-refractivity contribution in [2.75, 3.05) is 14.2 Å². The summed E-state index contributed by atoms with van der Waals surface area (Å²) in [6.07, 6.45) is 0. The van der Waals surface area contributed by atoms with E-state index in [0.717, 1.165) is 5.56 Å². The number of nitriles is 1. The molecular weight excluding hydrogens is 286 g/mol. The normalized spacial score (nSPS) is 10.5. The molecule has 0 heterocycles. The third-order valence-electron chi connectivity index (χ3n) is 3.28. The van der Waals surface area contributed by atoms with Crippen LogP contribution in [0.4, 0.5) is 8.78 Å². The second-order valence-electron chi connectivity index (χ2n) is 5.06. The van der Waals surface area contributed by atoms with E-state index in [1.807, 2.05) is 11.0 Å². The van der Waals surface area contributed by atoms with Crippen molar-refractivity contribution in [3.63, 3.8) is 0 Å². The second-order valence-corrected chi connectivity index (χ2v) is 5.06. The lowest BCUT2D eigenvalue weighted by molar-refractivity contribution is 0.312. The Kier molecular flexibility index (Phi) is 5.08. The number of ether oxygens (including phenoxy) is 1. The Bertz CT molecular complexity index is 710. The van der Waals surface area contributed by atoms with Gasteiger partial charge in [0.25, 0.3) is 0 Å². The molecule has 3 nitrogen and oxygen atoms in total. The fraction of sp³-hybridized carbons (Fsp3) is 0.235.